The molecular weight excluding hydrogens is 276 g/mol. The summed E-state index contributed by atoms with van der Waals surface area (Å²) in [7, 11) is -4.07. The van der Waals surface area contributed by atoms with Crippen molar-refractivity contribution in [2.75, 3.05) is 0 Å². The third-order valence-electron chi connectivity index (χ3n) is 3.70. The molecule has 7 heteroatoms. The van der Waals surface area contributed by atoms with Gasteiger partial charge in [0.1, 0.15) is 16.5 Å². The van der Waals surface area contributed by atoms with Crippen molar-refractivity contribution in [3.05, 3.63) is 29.8 Å². The minimum absolute atomic E-state index is 0.273. The minimum Gasteiger partial charge on any atom is -0.392 e. The maximum Gasteiger partial charge on any atom is 0.243 e. The summed E-state index contributed by atoms with van der Waals surface area (Å²) in [5.74, 6) is -1.97. The van der Waals surface area contributed by atoms with Crippen molar-refractivity contribution in [2.24, 2.45) is 5.41 Å². The van der Waals surface area contributed by atoms with Gasteiger partial charge < -0.3 is 5.11 Å². The Morgan fingerprint density at radius 1 is 1.37 bits per heavy atom. The number of nitrogens with one attached hydrogen (secondary N) is 1. The molecule has 1 aromatic rings. The van der Waals surface area contributed by atoms with Crippen LogP contribution in [0, 0.1) is 17.0 Å². The lowest BCUT2D eigenvalue weighted by atomic mass is 9.65. The first kappa shape index (κ1) is 14.4. The molecule has 106 valence electrons. The van der Waals surface area contributed by atoms with Gasteiger partial charge in [0.2, 0.25) is 10.0 Å². The van der Waals surface area contributed by atoms with E-state index in [9.17, 15) is 22.3 Å². The van der Waals surface area contributed by atoms with Gasteiger partial charge in [0, 0.05) is 17.5 Å². The van der Waals surface area contributed by atoms with Crippen LogP contribution in [-0.2, 0) is 10.0 Å². The summed E-state index contributed by atoms with van der Waals surface area (Å²) in [4.78, 5) is -0.592. The Balaban J connectivity index is 2.25. The van der Waals surface area contributed by atoms with Gasteiger partial charge in [0.15, 0.2) is 0 Å². The van der Waals surface area contributed by atoms with Crippen LogP contribution in [-0.4, -0.2) is 25.7 Å². The van der Waals surface area contributed by atoms with Gasteiger partial charge in [-0.15, -0.1) is 0 Å². The molecule has 2 unspecified atom stereocenters. The number of hydrogen-bond donors (Lipinski definition) is 2. The van der Waals surface area contributed by atoms with Crippen molar-refractivity contribution in [1.29, 1.82) is 0 Å². The first-order chi connectivity index (χ1) is 8.64. The van der Waals surface area contributed by atoms with Crippen molar-refractivity contribution < 1.29 is 22.3 Å². The maximum atomic E-state index is 13.5. The Labute approximate surface area is 110 Å². The second kappa shape index (κ2) is 4.50. The molecule has 0 heterocycles. The van der Waals surface area contributed by atoms with Crippen LogP contribution in [0.4, 0.5) is 8.78 Å². The zero-order chi connectivity index (χ0) is 14.4. The van der Waals surface area contributed by atoms with Gasteiger partial charge in [-0.2, -0.15) is 0 Å². The second-order valence-electron chi connectivity index (χ2n) is 5.32. The lowest BCUT2D eigenvalue weighted by Crippen LogP contribution is -2.61. The van der Waals surface area contributed by atoms with E-state index in [0.717, 1.165) is 12.1 Å². The molecule has 2 N–H and O–H groups in total. The third kappa shape index (κ3) is 2.50. The molecule has 2 rings (SSSR count). The van der Waals surface area contributed by atoms with E-state index in [1.54, 1.807) is 13.8 Å². The number of benzene rings is 1. The van der Waals surface area contributed by atoms with Crippen LogP contribution < -0.4 is 4.72 Å². The fraction of sp³-hybridized carbons (Fsp3) is 0.500. The number of aliphatic hydroxyl groups excluding tert-OH is 1. The topological polar surface area (TPSA) is 66.4 Å². The van der Waals surface area contributed by atoms with Crippen LogP contribution in [0.3, 0.4) is 0 Å². The number of hydrogen-bond acceptors (Lipinski definition) is 3. The molecule has 0 aromatic heterocycles. The van der Waals surface area contributed by atoms with E-state index in [1.165, 1.54) is 0 Å². The van der Waals surface area contributed by atoms with Crippen molar-refractivity contribution in [2.45, 2.75) is 37.3 Å². The Kier molecular flexibility index (Phi) is 3.40. The van der Waals surface area contributed by atoms with E-state index in [2.05, 4.69) is 4.72 Å². The average molecular weight is 291 g/mol. The molecule has 0 bridgehead atoms. The number of sulfonamides is 1. The Morgan fingerprint density at radius 3 is 2.47 bits per heavy atom. The van der Waals surface area contributed by atoms with E-state index >= 15 is 0 Å². The zero-order valence-electron chi connectivity index (χ0n) is 10.5. The van der Waals surface area contributed by atoms with Gasteiger partial charge in [0.25, 0.3) is 0 Å². The van der Waals surface area contributed by atoms with Gasteiger partial charge in [-0.3, -0.25) is 0 Å². The summed E-state index contributed by atoms with van der Waals surface area (Å²) >= 11 is 0. The lowest BCUT2D eigenvalue weighted by Gasteiger charge is -2.49. The Bertz CT molecular complexity index is 601. The fourth-order valence-corrected chi connectivity index (χ4v) is 3.51. The monoisotopic (exact) mass is 291 g/mol. The predicted molar refractivity (Wildman–Crippen MR) is 64.9 cm³/mol. The molecule has 0 aliphatic heterocycles. The van der Waals surface area contributed by atoms with Crippen LogP contribution in [0.15, 0.2) is 23.1 Å². The molecule has 19 heavy (non-hydrogen) atoms. The first-order valence-electron chi connectivity index (χ1n) is 5.80. The summed E-state index contributed by atoms with van der Waals surface area (Å²) in [6, 6.07) is 1.82. The van der Waals surface area contributed by atoms with Crippen molar-refractivity contribution in [1.82, 2.24) is 4.72 Å². The van der Waals surface area contributed by atoms with Gasteiger partial charge in [0.05, 0.1) is 6.10 Å². The normalized spacial score (nSPS) is 25.9. The Hall–Kier alpha value is -1.05. The van der Waals surface area contributed by atoms with Crippen LogP contribution in [0.1, 0.15) is 20.3 Å². The fourth-order valence-electron chi connectivity index (χ4n) is 2.05. The molecule has 1 fully saturated rings. The van der Waals surface area contributed by atoms with Crippen molar-refractivity contribution in [3.63, 3.8) is 0 Å². The molecule has 1 aliphatic rings. The molecule has 0 radical (unpaired) electrons. The SMILES string of the molecule is CC1(C)C(O)CC1NS(=O)(=O)c1ccc(F)cc1F. The summed E-state index contributed by atoms with van der Waals surface area (Å²) < 4.78 is 52.6. The average Bonchev–Trinajstić information content (AvgIpc) is 2.27. The molecule has 1 saturated carbocycles. The molecule has 0 amide bonds. The highest BCUT2D eigenvalue weighted by Crippen LogP contribution is 2.41. The van der Waals surface area contributed by atoms with E-state index in [1.807, 2.05) is 0 Å². The lowest BCUT2D eigenvalue weighted by molar-refractivity contribution is -0.0645. The maximum absolute atomic E-state index is 13.5. The molecule has 0 spiro atoms. The molecule has 0 saturated heterocycles. The summed E-state index contributed by atoms with van der Waals surface area (Å²) in [5.41, 5.74) is -0.608. The Morgan fingerprint density at radius 2 is 2.00 bits per heavy atom. The smallest absolute Gasteiger partial charge is 0.243 e. The number of rotatable bonds is 3. The zero-order valence-corrected chi connectivity index (χ0v) is 11.3. The molecule has 1 aromatic carbocycles. The molecule has 2 atom stereocenters. The molecule has 1 aliphatic carbocycles. The molecular formula is C12H15F2NO3S. The van der Waals surface area contributed by atoms with Crippen LogP contribution in [0.2, 0.25) is 0 Å². The van der Waals surface area contributed by atoms with Crippen LogP contribution in [0.25, 0.3) is 0 Å². The second-order valence-corrected chi connectivity index (χ2v) is 7.00. The third-order valence-corrected chi connectivity index (χ3v) is 5.20. The number of aliphatic hydroxyl groups is 1. The van der Waals surface area contributed by atoms with E-state index in [0.29, 0.717) is 6.07 Å². The predicted octanol–water partition coefficient (Wildman–Crippen LogP) is 1.40. The summed E-state index contributed by atoms with van der Waals surface area (Å²) in [5, 5.41) is 9.55. The highest BCUT2D eigenvalue weighted by atomic mass is 32.2. The highest BCUT2D eigenvalue weighted by Gasteiger charge is 2.49. The highest BCUT2D eigenvalue weighted by molar-refractivity contribution is 7.89. The van der Waals surface area contributed by atoms with Crippen LogP contribution in [0.5, 0.6) is 0 Å². The van der Waals surface area contributed by atoms with E-state index in [4.69, 9.17) is 0 Å². The molecule has 4 nitrogen and oxygen atoms in total. The van der Waals surface area contributed by atoms with Gasteiger partial charge in [-0.05, 0) is 18.6 Å². The van der Waals surface area contributed by atoms with Gasteiger partial charge in [-0.25, -0.2) is 21.9 Å². The first-order valence-corrected chi connectivity index (χ1v) is 7.28. The largest absolute Gasteiger partial charge is 0.392 e. The van der Waals surface area contributed by atoms with Crippen molar-refractivity contribution in [3.8, 4) is 0 Å². The quantitative estimate of drug-likeness (QED) is 0.884. The van der Waals surface area contributed by atoms with Gasteiger partial charge in [-0.1, -0.05) is 13.8 Å². The number of halogens is 2. The summed E-state index contributed by atoms with van der Waals surface area (Å²) in [6.07, 6.45) is -0.326. The summed E-state index contributed by atoms with van der Waals surface area (Å²) in [6.45, 7) is 3.44. The van der Waals surface area contributed by atoms with Crippen LogP contribution >= 0.6 is 0 Å². The van der Waals surface area contributed by atoms with Crippen molar-refractivity contribution >= 4 is 10.0 Å². The standard InChI is InChI=1S/C12H15F2NO3S/c1-12(2)10(6-11(12)16)15-19(17,18)9-4-3-7(13)5-8(9)14/h3-5,10-11,15-16H,6H2,1-2H3. The van der Waals surface area contributed by atoms with E-state index < -0.39 is 44.1 Å². The van der Waals surface area contributed by atoms with Gasteiger partial charge >= 0.3 is 0 Å². The van der Waals surface area contributed by atoms with E-state index in [-0.39, 0.29) is 6.42 Å². The minimum atomic E-state index is -4.07.